The molecule has 4 rings (SSSR count). The number of nitrogens with zero attached hydrogens (tertiary/aromatic N) is 4. The second kappa shape index (κ2) is 8.75. The van der Waals surface area contributed by atoms with Gasteiger partial charge in [0.15, 0.2) is 0 Å². The van der Waals surface area contributed by atoms with E-state index < -0.39 is 4.92 Å². The third-order valence-electron chi connectivity index (χ3n) is 5.77. The molecular formula is C21H27N7O3. The standard InChI is InChI=1S/C21H27N7O3/c1-13(29)23-15-5-4-10-27(12-15)20-16-6-2-3-7-18(16)25-21(26-20)24-14-8-9-17(22)19(11-14)28(30)31/h8-9,11,15H,2-7,10,12,22H2,1H3,(H,23,29)(H,24,25,26)/t15-/m1/s1. The van der Waals surface area contributed by atoms with Crippen LogP contribution in [0, 0.1) is 10.1 Å². The Morgan fingerprint density at radius 2 is 2.06 bits per heavy atom. The number of hydrogen-bond donors (Lipinski definition) is 3. The lowest BCUT2D eigenvalue weighted by molar-refractivity contribution is -0.383. The van der Waals surface area contributed by atoms with Crippen molar-refractivity contribution < 1.29 is 9.72 Å². The molecule has 1 fully saturated rings. The first-order chi connectivity index (χ1) is 14.9. The number of aromatic nitrogens is 2. The summed E-state index contributed by atoms with van der Waals surface area (Å²) in [6.07, 6.45) is 5.90. The van der Waals surface area contributed by atoms with Crippen LogP contribution in [0.1, 0.15) is 43.9 Å². The molecule has 1 amide bonds. The number of nitrogens with two attached hydrogens (primary N) is 1. The maximum absolute atomic E-state index is 11.5. The van der Waals surface area contributed by atoms with Gasteiger partial charge in [-0.2, -0.15) is 4.98 Å². The Hall–Kier alpha value is -3.43. The van der Waals surface area contributed by atoms with Crippen LogP contribution in [0.5, 0.6) is 0 Å². The van der Waals surface area contributed by atoms with Crippen LogP contribution in [0.25, 0.3) is 0 Å². The number of nitrogens with one attached hydrogen (secondary N) is 2. The number of carbonyl (C=O) groups excluding carboxylic acids is 1. The van der Waals surface area contributed by atoms with Crippen LogP contribution in [0.2, 0.25) is 0 Å². The van der Waals surface area contributed by atoms with Crippen LogP contribution in [0.15, 0.2) is 18.2 Å². The smallest absolute Gasteiger partial charge is 0.294 e. The van der Waals surface area contributed by atoms with E-state index in [4.69, 9.17) is 15.7 Å². The summed E-state index contributed by atoms with van der Waals surface area (Å²) in [6, 6.07) is 4.67. The van der Waals surface area contributed by atoms with Gasteiger partial charge in [-0.25, -0.2) is 4.98 Å². The van der Waals surface area contributed by atoms with Crippen LogP contribution in [0.3, 0.4) is 0 Å². The number of fused-ring (bicyclic) bond motifs is 1. The number of anilines is 4. The molecule has 1 aliphatic heterocycles. The van der Waals surface area contributed by atoms with Gasteiger partial charge in [-0.05, 0) is 50.7 Å². The average Bonchev–Trinajstić information content (AvgIpc) is 2.74. The molecule has 31 heavy (non-hydrogen) atoms. The molecule has 4 N–H and O–H groups in total. The van der Waals surface area contributed by atoms with Crippen molar-refractivity contribution in [2.24, 2.45) is 0 Å². The van der Waals surface area contributed by atoms with E-state index in [-0.39, 0.29) is 23.3 Å². The Balaban J connectivity index is 1.65. The van der Waals surface area contributed by atoms with E-state index >= 15 is 0 Å². The van der Waals surface area contributed by atoms with Gasteiger partial charge >= 0.3 is 0 Å². The van der Waals surface area contributed by atoms with Crippen molar-refractivity contribution in [3.8, 4) is 0 Å². The Morgan fingerprint density at radius 1 is 1.26 bits per heavy atom. The van der Waals surface area contributed by atoms with Gasteiger partial charge < -0.3 is 21.3 Å². The maximum Gasteiger partial charge on any atom is 0.294 e. The van der Waals surface area contributed by atoms with Gasteiger partial charge in [0.25, 0.3) is 5.69 Å². The fourth-order valence-corrected chi connectivity index (χ4v) is 4.38. The molecule has 1 aromatic heterocycles. The Morgan fingerprint density at radius 3 is 2.84 bits per heavy atom. The Bertz CT molecular complexity index is 1010. The summed E-state index contributed by atoms with van der Waals surface area (Å²) in [6.45, 7) is 3.11. The number of nitro groups is 1. The molecule has 0 radical (unpaired) electrons. The Labute approximate surface area is 180 Å². The van der Waals surface area contributed by atoms with Crippen molar-refractivity contribution in [3.05, 3.63) is 39.6 Å². The van der Waals surface area contributed by atoms with Crippen LogP contribution in [-0.4, -0.2) is 39.9 Å². The van der Waals surface area contributed by atoms with E-state index in [1.807, 2.05) is 0 Å². The number of amides is 1. The minimum Gasteiger partial charge on any atom is -0.393 e. The van der Waals surface area contributed by atoms with Crippen LogP contribution in [-0.2, 0) is 17.6 Å². The van der Waals surface area contributed by atoms with E-state index in [1.54, 1.807) is 13.0 Å². The topological polar surface area (TPSA) is 139 Å². The van der Waals surface area contributed by atoms with Crippen LogP contribution in [0.4, 0.5) is 28.8 Å². The highest BCUT2D eigenvalue weighted by Crippen LogP contribution is 2.32. The maximum atomic E-state index is 11.5. The van der Waals surface area contributed by atoms with Crippen molar-refractivity contribution in [1.82, 2.24) is 15.3 Å². The zero-order chi connectivity index (χ0) is 22.0. The van der Waals surface area contributed by atoms with Gasteiger partial charge in [-0.1, -0.05) is 0 Å². The highest BCUT2D eigenvalue weighted by molar-refractivity contribution is 5.73. The molecule has 164 valence electrons. The van der Waals surface area contributed by atoms with Crippen molar-refractivity contribution in [1.29, 1.82) is 0 Å². The highest BCUT2D eigenvalue weighted by atomic mass is 16.6. The third kappa shape index (κ3) is 4.68. The summed E-state index contributed by atoms with van der Waals surface area (Å²) >= 11 is 0. The average molecular weight is 425 g/mol. The zero-order valence-electron chi connectivity index (χ0n) is 17.6. The summed E-state index contributed by atoms with van der Waals surface area (Å²) in [7, 11) is 0. The third-order valence-corrected chi connectivity index (χ3v) is 5.77. The molecule has 0 spiro atoms. The molecule has 0 bridgehead atoms. The lowest BCUT2D eigenvalue weighted by atomic mass is 9.95. The van der Waals surface area contributed by atoms with Gasteiger partial charge in [-0.3, -0.25) is 14.9 Å². The van der Waals surface area contributed by atoms with Gasteiger partial charge in [0.05, 0.1) is 10.6 Å². The monoisotopic (exact) mass is 425 g/mol. The fraction of sp³-hybridized carbons (Fsp3) is 0.476. The molecule has 2 heterocycles. The van der Waals surface area contributed by atoms with Crippen LogP contribution < -0.4 is 21.3 Å². The number of nitro benzene ring substituents is 1. The van der Waals surface area contributed by atoms with Crippen molar-refractivity contribution in [3.63, 3.8) is 0 Å². The first-order valence-electron chi connectivity index (χ1n) is 10.6. The zero-order valence-corrected chi connectivity index (χ0v) is 17.6. The first-order valence-corrected chi connectivity index (χ1v) is 10.6. The molecule has 0 saturated carbocycles. The second-order valence-electron chi connectivity index (χ2n) is 8.14. The van der Waals surface area contributed by atoms with Crippen molar-refractivity contribution >= 4 is 34.7 Å². The SMILES string of the molecule is CC(=O)N[C@@H]1CCCN(c2nc(Nc3ccc(N)c([N+](=O)[O-])c3)nc3c2CCCC3)C1. The predicted molar refractivity (Wildman–Crippen MR) is 119 cm³/mol. The number of aryl methyl sites for hydroxylation is 1. The molecular weight excluding hydrogens is 398 g/mol. The minimum absolute atomic E-state index is 0.0242. The number of benzene rings is 1. The van der Waals surface area contributed by atoms with E-state index in [2.05, 4.69) is 15.5 Å². The lowest BCUT2D eigenvalue weighted by Gasteiger charge is -2.36. The fourth-order valence-electron chi connectivity index (χ4n) is 4.38. The minimum atomic E-state index is -0.504. The van der Waals surface area contributed by atoms with E-state index in [9.17, 15) is 14.9 Å². The molecule has 10 heteroatoms. The van der Waals surface area contributed by atoms with Crippen molar-refractivity contribution in [2.75, 3.05) is 29.0 Å². The first kappa shape index (κ1) is 20.8. The number of piperidine rings is 1. The quantitative estimate of drug-likeness (QED) is 0.377. The normalized spacial score (nSPS) is 18.2. The molecule has 10 nitrogen and oxygen atoms in total. The van der Waals surface area contributed by atoms with Crippen molar-refractivity contribution in [2.45, 2.75) is 51.5 Å². The van der Waals surface area contributed by atoms with Crippen LogP contribution >= 0.6 is 0 Å². The van der Waals surface area contributed by atoms with E-state index in [1.165, 1.54) is 17.7 Å². The highest BCUT2D eigenvalue weighted by Gasteiger charge is 2.27. The molecule has 1 atom stereocenters. The molecule has 2 aliphatic rings. The molecule has 2 aromatic rings. The summed E-state index contributed by atoms with van der Waals surface area (Å²) in [5.41, 5.74) is 8.36. The van der Waals surface area contributed by atoms with Gasteiger partial charge in [-0.15, -0.1) is 0 Å². The number of hydrogen-bond acceptors (Lipinski definition) is 8. The summed E-state index contributed by atoms with van der Waals surface area (Å²) in [5.74, 6) is 1.28. The summed E-state index contributed by atoms with van der Waals surface area (Å²) < 4.78 is 0. The van der Waals surface area contributed by atoms with E-state index in [0.717, 1.165) is 56.6 Å². The number of nitrogen functional groups attached to an aromatic ring is 1. The second-order valence-corrected chi connectivity index (χ2v) is 8.14. The molecule has 0 unspecified atom stereocenters. The largest absolute Gasteiger partial charge is 0.393 e. The van der Waals surface area contributed by atoms with E-state index in [0.29, 0.717) is 18.2 Å². The number of carbonyl (C=O) groups is 1. The molecule has 1 saturated heterocycles. The molecule has 1 aliphatic carbocycles. The summed E-state index contributed by atoms with van der Waals surface area (Å²) in [5, 5.41) is 17.4. The molecule has 1 aromatic carbocycles. The number of rotatable bonds is 5. The predicted octanol–water partition coefficient (Wildman–Crippen LogP) is 2.69. The lowest BCUT2D eigenvalue weighted by Crippen LogP contribution is -2.48. The Kier molecular flexibility index (Phi) is 5.88. The van der Waals surface area contributed by atoms with Gasteiger partial charge in [0.1, 0.15) is 11.5 Å². The van der Waals surface area contributed by atoms with Gasteiger partial charge in [0.2, 0.25) is 11.9 Å². The van der Waals surface area contributed by atoms with Gasteiger partial charge in [0, 0.05) is 43.4 Å². The summed E-state index contributed by atoms with van der Waals surface area (Å²) in [4.78, 5) is 34.0.